The van der Waals surface area contributed by atoms with E-state index >= 15 is 0 Å². The molecule has 1 saturated heterocycles. The van der Waals surface area contributed by atoms with Crippen molar-refractivity contribution in [3.63, 3.8) is 0 Å². The lowest BCUT2D eigenvalue weighted by Gasteiger charge is -2.25. The van der Waals surface area contributed by atoms with Crippen molar-refractivity contribution in [3.8, 4) is 0 Å². The second-order valence-corrected chi connectivity index (χ2v) is 6.04. The van der Waals surface area contributed by atoms with Gasteiger partial charge in [0.2, 0.25) is 5.91 Å². The molecule has 0 spiro atoms. The van der Waals surface area contributed by atoms with Gasteiger partial charge in [0.05, 0.1) is 12.5 Å². The summed E-state index contributed by atoms with van der Waals surface area (Å²) in [6, 6.07) is 13.9. The lowest BCUT2D eigenvalue weighted by molar-refractivity contribution is -0.131. The highest BCUT2D eigenvalue weighted by atomic mass is 35.5. The van der Waals surface area contributed by atoms with Crippen LogP contribution in [0.1, 0.15) is 30.0 Å². The van der Waals surface area contributed by atoms with Gasteiger partial charge in [-0.05, 0) is 48.2 Å². The first-order chi connectivity index (χ1) is 10.6. The molecule has 2 nitrogen and oxygen atoms in total. The molecule has 4 heteroatoms. The van der Waals surface area contributed by atoms with E-state index in [0.29, 0.717) is 11.4 Å². The van der Waals surface area contributed by atoms with E-state index in [1.165, 1.54) is 12.1 Å². The highest BCUT2D eigenvalue weighted by molar-refractivity contribution is 6.30. The standard InChI is InChI=1S/C18H17ClFNO/c19-15-7-3-13(4-8-15)12-18(22)21-11-1-2-17(21)14-5-9-16(20)10-6-14/h3-10,17H,1-2,11-12H2/t17-/m0/s1. The first kappa shape index (κ1) is 15.0. The Labute approximate surface area is 134 Å². The third kappa shape index (κ3) is 3.30. The molecular formula is C18H17ClFNO. The van der Waals surface area contributed by atoms with Crippen molar-refractivity contribution in [1.29, 1.82) is 0 Å². The molecule has 0 N–H and O–H groups in total. The van der Waals surface area contributed by atoms with Crippen LogP contribution in [0, 0.1) is 5.82 Å². The summed E-state index contributed by atoms with van der Waals surface area (Å²) in [5, 5.41) is 0.668. The summed E-state index contributed by atoms with van der Waals surface area (Å²) in [7, 11) is 0. The Morgan fingerprint density at radius 2 is 1.82 bits per heavy atom. The average Bonchev–Trinajstić information content (AvgIpc) is 3.00. The number of halogens is 2. The molecule has 2 aromatic rings. The maximum Gasteiger partial charge on any atom is 0.227 e. The van der Waals surface area contributed by atoms with Gasteiger partial charge in [-0.25, -0.2) is 4.39 Å². The SMILES string of the molecule is O=C(Cc1ccc(Cl)cc1)N1CCC[C@H]1c1ccc(F)cc1. The Hall–Kier alpha value is -1.87. The van der Waals surface area contributed by atoms with E-state index in [-0.39, 0.29) is 17.8 Å². The number of carbonyl (C=O) groups excluding carboxylic acids is 1. The van der Waals surface area contributed by atoms with Gasteiger partial charge in [0.25, 0.3) is 0 Å². The number of hydrogen-bond donors (Lipinski definition) is 0. The smallest absolute Gasteiger partial charge is 0.227 e. The van der Waals surface area contributed by atoms with Crippen molar-refractivity contribution >= 4 is 17.5 Å². The van der Waals surface area contributed by atoms with Crippen molar-refractivity contribution in [3.05, 3.63) is 70.5 Å². The molecule has 0 saturated carbocycles. The molecule has 1 amide bonds. The number of likely N-dealkylation sites (tertiary alicyclic amines) is 1. The van der Waals surface area contributed by atoms with E-state index < -0.39 is 0 Å². The molecule has 1 heterocycles. The van der Waals surface area contributed by atoms with Crippen LogP contribution in [-0.2, 0) is 11.2 Å². The van der Waals surface area contributed by atoms with E-state index in [1.54, 1.807) is 24.3 Å². The Bertz CT molecular complexity index is 654. The fourth-order valence-electron chi connectivity index (χ4n) is 2.98. The number of benzene rings is 2. The number of nitrogens with zero attached hydrogens (tertiary/aromatic N) is 1. The quantitative estimate of drug-likeness (QED) is 0.822. The van der Waals surface area contributed by atoms with Crippen LogP contribution in [0.4, 0.5) is 4.39 Å². The van der Waals surface area contributed by atoms with Gasteiger partial charge in [-0.15, -0.1) is 0 Å². The molecule has 0 bridgehead atoms. The van der Waals surface area contributed by atoms with Crippen molar-refractivity contribution < 1.29 is 9.18 Å². The molecule has 3 rings (SSSR count). The Balaban J connectivity index is 1.73. The molecule has 22 heavy (non-hydrogen) atoms. The van der Waals surface area contributed by atoms with Gasteiger partial charge in [0, 0.05) is 11.6 Å². The largest absolute Gasteiger partial charge is 0.335 e. The lowest BCUT2D eigenvalue weighted by Crippen LogP contribution is -2.31. The Morgan fingerprint density at radius 3 is 2.50 bits per heavy atom. The summed E-state index contributed by atoms with van der Waals surface area (Å²) in [6.45, 7) is 0.758. The van der Waals surface area contributed by atoms with Crippen LogP contribution in [-0.4, -0.2) is 17.4 Å². The lowest BCUT2D eigenvalue weighted by atomic mass is 10.0. The molecule has 0 radical (unpaired) electrons. The van der Waals surface area contributed by atoms with E-state index in [2.05, 4.69) is 0 Å². The first-order valence-corrected chi connectivity index (χ1v) is 7.80. The minimum atomic E-state index is -0.249. The second kappa shape index (κ2) is 6.49. The topological polar surface area (TPSA) is 20.3 Å². The van der Waals surface area contributed by atoms with Crippen LogP contribution < -0.4 is 0 Å². The van der Waals surface area contributed by atoms with E-state index in [4.69, 9.17) is 11.6 Å². The molecule has 0 aromatic heterocycles. The van der Waals surface area contributed by atoms with Gasteiger partial charge < -0.3 is 4.90 Å². The summed E-state index contributed by atoms with van der Waals surface area (Å²) in [5.41, 5.74) is 1.96. The minimum absolute atomic E-state index is 0.0559. The van der Waals surface area contributed by atoms with Gasteiger partial charge >= 0.3 is 0 Å². The summed E-state index contributed by atoms with van der Waals surface area (Å²) in [5.74, 6) is -0.144. The number of amides is 1. The highest BCUT2D eigenvalue weighted by Gasteiger charge is 2.29. The zero-order valence-corrected chi connectivity index (χ0v) is 12.9. The summed E-state index contributed by atoms with van der Waals surface area (Å²) >= 11 is 5.87. The molecule has 1 fully saturated rings. The third-order valence-corrected chi connectivity index (χ3v) is 4.35. The van der Waals surface area contributed by atoms with Crippen molar-refractivity contribution in [2.45, 2.75) is 25.3 Å². The molecule has 114 valence electrons. The second-order valence-electron chi connectivity index (χ2n) is 5.60. The van der Waals surface area contributed by atoms with Gasteiger partial charge in [0.15, 0.2) is 0 Å². The van der Waals surface area contributed by atoms with Crippen molar-refractivity contribution in [2.24, 2.45) is 0 Å². The van der Waals surface area contributed by atoms with Crippen LogP contribution in [0.3, 0.4) is 0 Å². The van der Waals surface area contributed by atoms with E-state index in [9.17, 15) is 9.18 Å². The number of carbonyl (C=O) groups is 1. The zero-order chi connectivity index (χ0) is 15.5. The van der Waals surface area contributed by atoms with Crippen molar-refractivity contribution in [2.75, 3.05) is 6.54 Å². The van der Waals surface area contributed by atoms with Gasteiger partial charge in [-0.1, -0.05) is 35.9 Å². The molecule has 1 atom stereocenters. The van der Waals surface area contributed by atoms with Gasteiger partial charge in [0.1, 0.15) is 5.82 Å². The van der Waals surface area contributed by atoms with Crippen LogP contribution >= 0.6 is 11.6 Å². The van der Waals surface area contributed by atoms with Gasteiger partial charge in [-0.3, -0.25) is 4.79 Å². The third-order valence-electron chi connectivity index (χ3n) is 4.10. The number of rotatable bonds is 3. The highest BCUT2D eigenvalue weighted by Crippen LogP contribution is 2.32. The predicted molar refractivity (Wildman–Crippen MR) is 85.2 cm³/mol. The van der Waals surface area contributed by atoms with Crippen molar-refractivity contribution in [1.82, 2.24) is 4.90 Å². The van der Waals surface area contributed by atoms with Crippen LogP contribution in [0.2, 0.25) is 5.02 Å². The average molecular weight is 318 g/mol. The molecule has 0 aliphatic carbocycles. The van der Waals surface area contributed by atoms with Gasteiger partial charge in [-0.2, -0.15) is 0 Å². The molecule has 1 aliphatic rings. The van der Waals surface area contributed by atoms with E-state index in [1.807, 2.05) is 17.0 Å². The zero-order valence-electron chi connectivity index (χ0n) is 12.1. The van der Waals surface area contributed by atoms with Crippen LogP contribution in [0.15, 0.2) is 48.5 Å². The fraction of sp³-hybridized carbons (Fsp3) is 0.278. The summed E-state index contributed by atoms with van der Waals surface area (Å²) in [4.78, 5) is 14.5. The Morgan fingerprint density at radius 1 is 1.14 bits per heavy atom. The summed E-state index contributed by atoms with van der Waals surface area (Å²) in [6.07, 6.45) is 2.28. The maximum atomic E-state index is 13.1. The van der Waals surface area contributed by atoms with Crippen LogP contribution in [0.5, 0.6) is 0 Å². The number of hydrogen-bond acceptors (Lipinski definition) is 1. The fourth-order valence-corrected chi connectivity index (χ4v) is 3.10. The summed E-state index contributed by atoms with van der Waals surface area (Å²) < 4.78 is 13.1. The molecular weight excluding hydrogens is 301 g/mol. The predicted octanol–water partition coefficient (Wildman–Crippen LogP) is 4.39. The maximum absolute atomic E-state index is 13.1. The molecule has 0 unspecified atom stereocenters. The monoisotopic (exact) mass is 317 g/mol. The Kier molecular flexibility index (Phi) is 4.44. The normalized spacial score (nSPS) is 17.7. The first-order valence-electron chi connectivity index (χ1n) is 7.43. The molecule has 1 aliphatic heterocycles. The van der Waals surface area contributed by atoms with E-state index in [0.717, 1.165) is 30.5 Å². The minimum Gasteiger partial charge on any atom is -0.335 e. The van der Waals surface area contributed by atoms with Crippen LogP contribution in [0.25, 0.3) is 0 Å². The molecule has 2 aromatic carbocycles.